The van der Waals surface area contributed by atoms with E-state index >= 15 is 0 Å². The maximum absolute atomic E-state index is 12.8. The van der Waals surface area contributed by atoms with Gasteiger partial charge < -0.3 is 14.9 Å². The van der Waals surface area contributed by atoms with Crippen molar-refractivity contribution in [3.05, 3.63) is 53.3 Å². The van der Waals surface area contributed by atoms with E-state index in [9.17, 15) is 13.2 Å². The van der Waals surface area contributed by atoms with Crippen molar-refractivity contribution in [1.29, 1.82) is 0 Å². The molecule has 0 spiro atoms. The van der Waals surface area contributed by atoms with E-state index in [0.717, 1.165) is 31.0 Å². The molecule has 2 unspecified atom stereocenters. The summed E-state index contributed by atoms with van der Waals surface area (Å²) in [6.07, 6.45) is -1.60. The lowest BCUT2D eigenvalue weighted by Gasteiger charge is -2.30. The van der Waals surface area contributed by atoms with Crippen molar-refractivity contribution < 1.29 is 22.7 Å². The fraction of sp³-hybridized carbons (Fsp3) is 0.421. The number of ether oxygens (including phenoxy) is 1. The van der Waals surface area contributed by atoms with Gasteiger partial charge in [-0.05, 0) is 61.3 Å². The zero-order valence-electron chi connectivity index (χ0n) is 15.3. The zero-order chi connectivity index (χ0) is 20.0. The number of hydrogen-bond acceptors (Lipinski definition) is 6. The Morgan fingerprint density at radius 2 is 1.96 bits per heavy atom. The van der Waals surface area contributed by atoms with E-state index in [1.165, 1.54) is 13.2 Å². The van der Waals surface area contributed by atoms with Gasteiger partial charge in [0.25, 0.3) is 0 Å². The van der Waals surface area contributed by atoms with Gasteiger partial charge in [0, 0.05) is 12.5 Å². The highest BCUT2D eigenvalue weighted by atomic mass is 19.4. The van der Waals surface area contributed by atoms with Crippen LogP contribution in [0.2, 0.25) is 0 Å². The lowest BCUT2D eigenvalue weighted by atomic mass is 9.91. The molecule has 0 radical (unpaired) electrons. The molecule has 1 aliphatic heterocycles. The summed E-state index contributed by atoms with van der Waals surface area (Å²) in [5.41, 5.74) is 0.199. The molecule has 1 aliphatic rings. The average Bonchev–Trinajstić information content (AvgIpc) is 2.71. The molecule has 1 saturated heterocycles. The number of aromatic nitrogens is 2. The van der Waals surface area contributed by atoms with E-state index in [1.807, 2.05) is 12.1 Å². The molecule has 0 bridgehead atoms. The molecule has 6 nitrogen and oxygen atoms in total. The second-order valence-corrected chi connectivity index (χ2v) is 6.47. The van der Waals surface area contributed by atoms with Crippen LogP contribution in [0, 0.1) is 5.92 Å². The molecule has 28 heavy (non-hydrogen) atoms. The second-order valence-electron chi connectivity index (χ2n) is 6.47. The normalized spacial score (nSPS) is 18.8. The van der Waals surface area contributed by atoms with Crippen LogP contribution in [-0.4, -0.2) is 36.6 Å². The number of benzene rings is 1. The molecular formula is C19H21F3N4O2. The van der Waals surface area contributed by atoms with E-state index in [1.54, 1.807) is 18.3 Å². The van der Waals surface area contributed by atoms with Crippen LogP contribution in [0.15, 0.2) is 41.6 Å². The number of alkyl halides is 3. The fourth-order valence-electron chi connectivity index (χ4n) is 3.07. The molecule has 1 aromatic carbocycles. The minimum absolute atomic E-state index is 0.0783. The summed E-state index contributed by atoms with van der Waals surface area (Å²) < 4.78 is 44.5. The lowest BCUT2D eigenvalue weighted by Crippen LogP contribution is -2.35. The van der Waals surface area contributed by atoms with Crippen molar-refractivity contribution in [2.75, 3.05) is 20.2 Å². The van der Waals surface area contributed by atoms with Crippen molar-refractivity contribution in [3.8, 4) is 5.75 Å². The topological polar surface area (TPSA) is 68.6 Å². The molecule has 1 fully saturated rings. The van der Waals surface area contributed by atoms with Gasteiger partial charge in [0.05, 0.1) is 6.21 Å². The van der Waals surface area contributed by atoms with E-state index < -0.39 is 18.0 Å². The van der Waals surface area contributed by atoms with Crippen LogP contribution in [0.1, 0.15) is 35.9 Å². The summed E-state index contributed by atoms with van der Waals surface area (Å²) in [7, 11) is 1.46. The maximum atomic E-state index is 12.8. The van der Waals surface area contributed by atoms with Crippen molar-refractivity contribution in [3.63, 3.8) is 0 Å². The second kappa shape index (κ2) is 9.01. The van der Waals surface area contributed by atoms with Gasteiger partial charge in [-0.15, -0.1) is 5.10 Å². The van der Waals surface area contributed by atoms with Crippen LogP contribution in [0.4, 0.5) is 13.2 Å². The third-order valence-corrected chi connectivity index (χ3v) is 4.48. The predicted molar refractivity (Wildman–Crippen MR) is 97.0 cm³/mol. The molecule has 2 heterocycles. The SMILES string of the molecule is CON=Cc1ccc(OC(c2ccc(C(F)(F)F)nn2)C2CCCNC2)cc1. The number of rotatable bonds is 6. The van der Waals surface area contributed by atoms with Gasteiger partial charge in [-0.3, -0.25) is 0 Å². The first-order valence-electron chi connectivity index (χ1n) is 8.92. The van der Waals surface area contributed by atoms with Crippen molar-refractivity contribution in [2.24, 2.45) is 11.1 Å². The van der Waals surface area contributed by atoms with Crippen LogP contribution >= 0.6 is 0 Å². The third kappa shape index (κ3) is 5.19. The minimum atomic E-state index is -4.52. The Morgan fingerprint density at radius 3 is 2.54 bits per heavy atom. The summed E-state index contributed by atoms with van der Waals surface area (Å²) in [4.78, 5) is 4.65. The largest absolute Gasteiger partial charge is 0.484 e. The van der Waals surface area contributed by atoms with Gasteiger partial charge in [-0.2, -0.15) is 18.3 Å². The lowest BCUT2D eigenvalue weighted by molar-refractivity contribution is -0.141. The smallest absolute Gasteiger partial charge is 0.435 e. The summed E-state index contributed by atoms with van der Waals surface area (Å²) in [5.74, 6) is 0.668. The van der Waals surface area contributed by atoms with Crippen molar-refractivity contribution >= 4 is 6.21 Å². The molecule has 2 atom stereocenters. The summed E-state index contributed by atoms with van der Waals surface area (Å²) >= 11 is 0. The Morgan fingerprint density at radius 1 is 1.18 bits per heavy atom. The standard InChI is InChI=1S/C19H21F3N4O2/c1-27-24-11-13-4-6-15(7-5-13)28-18(14-3-2-10-23-12-14)16-8-9-17(26-25-16)19(20,21)22/h4-9,11,14,18,23H,2-3,10,12H2,1H3. The fourth-order valence-corrected chi connectivity index (χ4v) is 3.07. The summed E-state index contributed by atoms with van der Waals surface area (Å²) in [6.45, 7) is 1.61. The van der Waals surface area contributed by atoms with Crippen LogP contribution in [0.5, 0.6) is 5.75 Å². The van der Waals surface area contributed by atoms with E-state index in [-0.39, 0.29) is 5.92 Å². The molecule has 0 amide bonds. The molecule has 150 valence electrons. The van der Waals surface area contributed by atoms with Crippen LogP contribution < -0.4 is 10.1 Å². The number of halogens is 3. The Kier molecular flexibility index (Phi) is 6.45. The highest BCUT2D eigenvalue weighted by Crippen LogP contribution is 2.33. The number of hydrogen-bond donors (Lipinski definition) is 1. The number of nitrogens with zero attached hydrogens (tertiary/aromatic N) is 3. The Balaban J connectivity index is 1.82. The van der Waals surface area contributed by atoms with Crippen molar-refractivity contribution in [1.82, 2.24) is 15.5 Å². The first kappa shape index (κ1) is 20.1. The Bertz CT molecular complexity index is 773. The molecule has 1 aromatic heterocycles. The van der Waals surface area contributed by atoms with Crippen molar-refractivity contribution in [2.45, 2.75) is 25.1 Å². The van der Waals surface area contributed by atoms with Gasteiger partial charge >= 0.3 is 6.18 Å². The summed E-state index contributed by atoms with van der Waals surface area (Å²) in [5, 5.41) is 14.2. The number of nitrogens with one attached hydrogen (secondary N) is 1. The van der Waals surface area contributed by atoms with E-state index in [0.29, 0.717) is 18.0 Å². The zero-order valence-corrected chi connectivity index (χ0v) is 15.3. The van der Waals surface area contributed by atoms with Gasteiger partial charge in [-0.25, -0.2) is 0 Å². The number of oxime groups is 1. The first-order chi connectivity index (χ1) is 13.5. The third-order valence-electron chi connectivity index (χ3n) is 4.48. The molecule has 3 rings (SSSR count). The molecule has 2 aromatic rings. The minimum Gasteiger partial charge on any atom is -0.484 e. The molecule has 0 aliphatic carbocycles. The Hall–Kier alpha value is -2.68. The van der Waals surface area contributed by atoms with Crippen LogP contribution in [0.3, 0.4) is 0 Å². The predicted octanol–water partition coefficient (Wildman–Crippen LogP) is 3.60. The molecule has 1 N–H and O–H groups in total. The number of piperidine rings is 1. The highest BCUT2D eigenvalue weighted by Gasteiger charge is 2.34. The van der Waals surface area contributed by atoms with Gasteiger partial charge in [-0.1, -0.05) is 5.16 Å². The molecule has 9 heteroatoms. The van der Waals surface area contributed by atoms with E-state index in [4.69, 9.17) is 4.74 Å². The van der Waals surface area contributed by atoms with Crippen LogP contribution in [-0.2, 0) is 11.0 Å². The average molecular weight is 394 g/mol. The maximum Gasteiger partial charge on any atom is 0.435 e. The molecule has 0 saturated carbocycles. The Labute approximate surface area is 160 Å². The molecular weight excluding hydrogens is 373 g/mol. The van der Waals surface area contributed by atoms with Gasteiger partial charge in [0.1, 0.15) is 24.7 Å². The van der Waals surface area contributed by atoms with Gasteiger partial charge in [0.2, 0.25) is 0 Å². The van der Waals surface area contributed by atoms with Crippen LogP contribution in [0.25, 0.3) is 0 Å². The quantitative estimate of drug-likeness (QED) is 0.599. The van der Waals surface area contributed by atoms with Gasteiger partial charge in [0.15, 0.2) is 5.69 Å². The summed E-state index contributed by atoms with van der Waals surface area (Å²) in [6, 6.07) is 9.46. The highest BCUT2D eigenvalue weighted by molar-refractivity contribution is 5.79. The van der Waals surface area contributed by atoms with E-state index in [2.05, 4.69) is 25.5 Å². The first-order valence-corrected chi connectivity index (χ1v) is 8.92. The monoisotopic (exact) mass is 394 g/mol.